The lowest BCUT2D eigenvalue weighted by Gasteiger charge is -2.08. The van der Waals surface area contributed by atoms with Crippen molar-refractivity contribution in [1.82, 2.24) is 5.32 Å². The molecular weight excluding hydrogens is 427 g/mol. The number of nitrogens with zero attached hydrogens (tertiary/aromatic N) is 1. The van der Waals surface area contributed by atoms with Crippen LogP contribution in [0.25, 0.3) is 0 Å². The number of benzene rings is 2. The molecule has 4 N–H and O–H groups in total. The molecule has 5 nitrogen and oxygen atoms in total. The molecule has 25 heavy (non-hydrogen) atoms. The van der Waals surface area contributed by atoms with Crippen molar-refractivity contribution < 1.29 is 4.79 Å². The zero-order chi connectivity index (χ0) is 16.9. The summed E-state index contributed by atoms with van der Waals surface area (Å²) < 4.78 is 0. The molecule has 1 aliphatic rings. The Morgan fingerprint density at radius 3 is 2.60 bits per heavy atom. The first-order valence-electron chi connectivity index (χ1n) is 8.13. The summed E-state index contributed by atoms with van der Waals surface area (Å²) in [5.41, 5.74) is 9.36. The van der Waals surface area contributed by atoms with E-state index in [0.717, 1.165) is 29.7 Å². The molecule has 1 amide bonds. The van der Waals surface area contributed by atoms with Crippen molar-refractivity contribution in [3.05, 3.63) is 65.2 Å². The van der Waals surface area contributed by atoms with Crippen LogP contribution in [-0.2, 0) is 6.54 Å². The number of nitrogens with one attached hydrogen (secondary N) is 2. The molecule has 0 saturated heterocycles. The van der Waals surface area contributed by atoms with Gasteiger partial charge in [0.25, 0.3) is 5.91 Å². The number of carbonyl (C=O) groups excluding carboxylic acids is 1. The van der Waals surface area contributed by atoms with Crippen molar-refractivity contribution in [2.24, 2.45) is 10.7 Å². The fraction of sp³-hybridized carbons (Fsp3) is 0.263. The minimum absolute atomic E-state index is 0. The molecule has 0 bridgehead atoms. The van der Waals surface area contributed by atoms with Crippen LogP contribution in [0.5, 0.6) is 0 Å². The Bertz CT molecular complexity index is 754. The number of hydrogen-bond acceptors (Lipinski definition) is 2. The molecular formula is C19H23IN4O. The van der Waals surface area contributed by atoms with Crippen LogP contribution < -0.4 is 16.4 Å². The lowest BCUT2D eigenvalue weighted by atomic mass is 10.1. The minimum atomic E-state index is -0.120. The number of rotatable bonds is 5. The van der Waals surface area contributed by atoms with E-state index in [2.05, 4.69) is 15.6 Å². The highest BCUT2D eigenvalue weighted by atomic mass is 127. The van der Waals surface area contributed by atoms with E-state index in [4.69, 9.17) is 5.73 Å². The Morgan fingerprint density at radius 1 is 1.20 bits per heavy atom. The number of amides is 1. The monoisotopic (exact) mass is 450 g/mol. The molecule has 0 unspecified atom stereocenters. The second-order valence-corrected chi connectivity index (χ2v) is 6.14. The molecule has 1 aliphatic carbocycles. The van der Waals surface area contributed by atoms with Crippen LogP contribution in [0.1, 0.15) is 34.3 Å². The van der Waals surface area contributed by atoms with Gasteiger partial charge >= 0.3 is 0 Å². The van der Waals surface area contributed by atoms with Gasteiger partial charge in [0.05, 0.1) is 6.54 Å². The number of carbonyl (C=O) groups is 1. The second-order valence-electron chi connectivity index (χ2n) is 6.14. The topological polar surface area (TPSA) is 79.5 Å². The van der Waals surface area contributed by atoms with Gasteiger partial charge in [0.2, 0.25) is 0 Å². The summed E-state index contributed by atoms with van der Waals surface area (Å²) in [5.74, 6) is 0.358. The Kier molecular flexibility index (Phi) is 6.81. The van der Waals surface area contributed by atoms with Crippen molar-refractivity contribution >= 4 is 41.5 Å². The van der Waals surface area contributed by atoms with Crippen molar-refractivity contribution in [2.45, 2.75) is 32.4 Å². The van der Waals surface area contributed by atoms with E-state index >= 15 is 0 Å². The van der Waals surface area contributed by atoms with E-state index in [1.54, 1.807) is 0 Å². The van der Waals surface area contributed by atoms with E-state index in [9.17, 15) is 4.79 Å². The molecule has 0 aromatic heterocycles. The molecule has 0 radical (unpaired) electrons. The van der Waals surface area contributed by atoms with Crippen LogP contribution in [-0.4, -0.2) is 17.9 Å². The first kappa shape index (κ1) is 19.2. The maximum absolute atomic E-state index is 12.3. The number of hydrogen-bond donors (Lipinski definition) is 3. The predicted molar refractivity (Wildman–Crippen MR) is 112 cm³/mol. The summed E-state index contributed by atoms with van der Waals surface area (Å²) >= 11 is 0. The summed E-state index contributed by atoms with van der Waals surface area (Å²) in [7, 11) is 0. The van der Waals surface area contributed by atoms with Crippen LogP contribution >= 0.6 is 24.0 Å². The third-order valence-corrected chi connectivity index (χ3v) is 3.86. The summed E-state index contributed by atoms with van der Waals surface area (Å²) in [6, 6.07) is 15.6. The van der Waals surface area contributed by atoms with Crippen LogP contribution in [0, 0.1) is 6.92 Å². The summed E-state index contributed by atoms with van der Waals surface area (Å²) in [4.78, 5) is 16.6. The van der Waals surface area contributed by atoms with Gasteiger partial charge in [-0.1, -0.05) is 29.8 Å². The highest BCUT2D eigenvalue weighted by Crippen LogP contribution is 2.18. The first-order chi connectivity index (χ1) is 11.6. The van der Waals surface area contributed by atoms with Gasteiger partial charge in [-0.05, 0) is 49.6 Å². The number of anilines is 1. The number of aliphatic imine (C=N–C) groups is 1. The number of guanidine groups is 1. The zero-order valence-electron chi connectivity index (χ0n) is 14.2. The van der Waals surface area contributed by atoms with Gasteiger partial charge in [-0.3, -0.25) is 4.79 Å². The number of nitrogens with two attached hydrogens (primary N) is 1. The average molecular weight is 450 g/mol. The predicted octanol–water partition coefficient (Wildman–Crippen LogP) is 3.43. The van der Waals surface area contributed by atoms with Crippen LogP contribution in [0.4, 0.5) is 5.69 Å². The van der Waals surface area contributed by atoms with Gasteiger partial charge in [-0.25, -0.2) is 4.99 Å². The molecule has 0 heterocycles. The van der Waals surface area contributed by atoms with Gasteiger partial charge in [0.1, 0.15) is 0 Å². The molecule has 0 atom stereocenters. The Balaban J connectivity index is 0.00000225. The van der Waals surface area contributed by atoms with Crippen LogP contribution in [0.2, 0.25) is 0 Å². The molecule has 1 fully saturated rings. The quantitative estimate of drug-likeness (QED) is 0.371. The molecule has 3 rings (SSSR count). The third kappa shape index (κ3) is 6.04. The van der Waals surface area contributed by atoms with Crippen molar-refractivity contribution in [3.8, 4) is 0 Å². The lowest BCUT2D eigenvalue weighted by molar-refractivity contribution is 0.102. The SMILES string of the molecule is Cc1ccc(C(=O)Nc2cccc(CN=C(N)NC3CC3)c2)cc1.I. The van der Waals surface area contributed by atoms with E-state index in [1.807, 2.05) is 55.5 Å². The van der Waals surface area contributed by atoms with Crippen LogP contribution in [0.3, 0.4) is 0 Å². The van der Waals surface area contributed by atoms with Gasteiger partial charge in [0.15, 0.2) is 5.96 Å². The largest absolute Gasteiger partial charge is 0.370 e. The number of halogens is 1. The van der Waals surface area contributed by atoms with E-state index in [0.29, 0.717) is 24.1 Å². The molecule has 0 aliphatic heterocycles. The fourth-order valence-electron chi connectivity index (χ4n) is 2.31. The van der Waals surface area contributed by atoms with Crippen molar-refractivity contribution in [2.75, 3.05) is 5.32 Å². The van der Waals surface area contributed by atoms with Crippen LogP contribution in [0.15, 0.2) is 53.5 Å². The minimum Gasteiger partial charge on any atom is -0.370 e. The van der Waals surface area contributed by atoms with Gasteiger partial charge in [0, 0.05) is 17.3 Å². The van der Waals surface area contributed by atoms with Crippen molar-refractivity contribution in [1.29, 1.82) is 0 Å². The highest BCUT2D eigenvalue weighted by molar-refractivity contribution is 14.0. The first-order valence-corrected chi connectivity index (χ1v) is 8.13. The maximum Gasteiger partial charge on any atom is 0.255 e. The van der Waals surface area contributed by atoms with E-state index < -0.39 is 0 Å². The van der Waals surface area contributed by atoms with E-state index in [1.165, 1.54) is 0 Å². The average Bonchev–Trinajstić information content (AvgIpc) is 3.38. The fourth-order valence-corrected chi connectivity index (χ4v) is 2.31. The normalized spacial score (nSPS) is 13.7. The molecule has 2 aromatic rings. The molecule has 2 aromatic carbocycles. The zero-order valence-corrected chi connectivity index (χ0v) is 16.5. The number of aryl methyl sites for hydroxylation is 1. The van der Waals surface area contributed by atoms with Gasteiger partial charge in [-0.2, -0.15) is 0 Å². The highest BCUT2D eigenvalue weighted by Gasteiger charge is 2.21. The summed E-state index contributed by atoms with van der Waals surface area (Å²) in [6.07, 6.45) is 2.33. The van der Waals surface area contributed by atoms with Crippen molar-refractivity contribution in [3.63, 3.8) is 0 Å². The van der Waals surface area contributed by atoms with Gasteiger partial charge < -0.3 is 16.4 Å². The Labute approximate surface area is 165 Å². The van der Waals surface area contributed by atoms with Gasteiger partial charge in [-0.15, -0.1) is 24.0 Å². The molecule has 0 spiro atoms. The Morgan fingerprint density at radius 2 is 1.92 bits per heavy atom. The lowest BCUT2D eigenvalue weighted by Crippen LogP contribution is -2.33. The molecule has 6 heteroatoms. The second kappa shape index (κ2) is 8.84. The standard InChI is InChI=1S/C19H22N4O.HI/c1-13-5-7-15(8-6-13)18(24)22-17-4-2-3-14(11-17)12-21-19(20)23-16-9-10-16;/h2-8,11,16H,9-10,12H2,1H3,(H,22,24)(H3,20,21,23);1H. The smallest absolute Gasteiger partial charge is 0.255 e. The summed E-state index contributed by atoms with van der Waals surface area (Å²) in [6.45, 7) is 2.48. The Hall–Kier alpha value is -2.09. The van der Waals surface area contributed by atoms with E-state index in [-0.39, 0.29) is 29.9 Å². The third-order valence-electron chi connectivity index (χ3n) is 3.86. The summed E-state index contributed by atoms with van der Waals surface area (Å²) in [5, 5.41) is 6.07. The molecule has 1 saturated carbocycles. The molecule has 132 valence electrons. The maximum atomic E-state index is 12.3.